The van der Waals surface area contributed by atoms with Gasteiger partial charge in [0, 0.05) is 12.1 Å². The molecule has 0 bridgehead atoms. The lowest BCUT2D eigenvalue weighted by molar-refractivity contribution is -0.134. The summed E-state index contributed by atoms with van der Waals surface area (Å²) in [5.41, 5.74) is 10.8. The molecule has 31 heavy (non-hydrogen) atoms. The number of nitrogens with zero attached hydrogens (tertiary/aromatic N) is 1. The predicted molar refractivity (Wildman–Crippen MR) is 124 cm³/mol. The molecule has 2 atom stereocenters. The van der Waals surface area contributed by atoms with Crippen molar-refractivity contribution in [1.82, 2.24) is 4.90 Å². The Bertz CT molecular complexity index is 1020. The zero-order valence-electron chi connectivity index (χ0n) is 18.0. The Morgan fingerprint density at radius 3 is 2.48 bits per heavy atom. The van der Waals surface area contributed by atoms with E-state index >= 15 is 0 Å². The first-order valence-electron chi connectivity index (χ1n) is 10.9. The zero-order valence-corrected chi connectivity index (χ0v) is 18.0. The molecule has 0 aliphatic heterocycles. The molecule has 4 nitrogen and oxygen atoms in total. The zero-order chi connectivity index (χ0) is 21.6. The monoisotopic (exact) mass is 414 g/mol. The highest BCUT2D eigenvalue weighted by molar-refractivity contribution is 5.79. The second-order valence-electron chi connectivity index (χ2n) is 8.17. The van der Waals surface area contributed by atoms with Crippen LogP contribution >= 0.6 is 0 Å². The van der Waals surface area contributed by atoms with E-state index in [0.717, 1.165) is 30.6 Å². The number of nitrogens with two attached hydrogens (primary N) is 1. The van der Waals surface area contributed by atoms with Crippen LogP contribution < -0.4 is 10.5 Å². The molecule has 2 unspecified atom stereocenters. The molecule has 0 spiro atoms. The quantitative estimate of drug-likeness (QED) is 0.618. The topological polar surface area (TPSA) is 55.6 Å². The summed E-state index contributed by atoms with van der Waals surface area (Å²) >= 11 is 0. The van der Waals surface area contributed by atoms with Crippen LogP contribution in [0.25, 0.3) is 0 Å². The summed E-state index contributed by atoms with van der Waals surface area (Å²) in [6.07, 6.45) is 3.00. The van der Waals surface area contributed by atoms with Crippen LogP contribution in [-0.4, -0.2) is 24.5 Å². The lowest BCUT2D eigenvalue weighted by Crippen LogP contribution is -2.43. The largest absolute Gasteiger partial charge is 0.496 e. The molecular weight excluding hydrogens is 384 g/mol. The van der Waals surface area contributed by atoms with E-state index in [2.05, 4.69) is 48.5 Å². The van der Waals surface area contributed by atoms with Crippen molar-refractivity contribution in [2.45, 2.75) is 31.8 Å². The summed E-state index contributed by atoms with van der Waals surface area (Å²) in [6, 6.07) is 27.0. The Balaban J connectivity index is 1.75. The van der Waals surface area contributed by atoms with Crippen LogP contribution in [0.3, 0.4) is 0 Å². The number of para-hydroxylation sites is 1. The van der Waals surface area contributed by atoms with E-state index < -0.39 is 0 Å². The highest BCUT2D eigenvalue weighted by atomic mass is 16.5. The number of amides is 1. The minimum atomic E-state index is -0.0364. The number of aryl methyl sites for hydroxylation is 1. The average molecular weight is 415 g/mol. The molecule has 1 aliphatic rings. The fraction of sp³-hybridized carbons (Fsp3) is 0.296. The Hall–Kier alpha value is -3.11. The highest BCUT2D eigenvalue weighted by Crippen LogP contribution is 2.41. The Morgan fingerprint density at radius 1 is 1.00 bits per heavy atom. The number of methoxy groups -OCH3 is 1. The number of ether oxygens (including phenoxy) is 1. The smallest absolute Gasteiger partial charge is 0.237 e. The molecule has 3 aromatic rings. The van der Waals surface area contributed by atoms with Gasteiger partial charge in [0.15, 0.2) is 0 Å². The lowest BCUT2D eigenvalue weighted by atomic mass is 9.76. The highest BCUT2D eigenvalue weighted by Gasteiger charge is 2.36. The standard InChI is InChI=1S/C27H30N2O2/c1-31-25-14-8-6-12-23(25)19-29(26(30)18-28)27-22(17-20-9-3-2-4-10-20)16-15-21-11-5-7-13-24(21)27/h2-14,22,27H,15-19,28H2,1H3. The molecule has 4 rings (SSSR count). The molecule has 0 saturated carbocycles. The number of carbonyl (C=O) groups is 1. The van der Waals surface area contributed by atoms with Crippen molar-refractivity contribution in [2.24, 2.45) is 11.7 Å². The van der Waals surface area contributed by atoms with E-state index in [4.69, 9.17) is 10.5 Å². The molecule has 1 amide bonds. The number of carbonyl (C=O) groups excluding carboxylic acids is 1. The van der Waals surface area contributed by atoms with E-state index in [9.17, 15) is 4.79 Å². The third-order valence-electron chi connectivity index (χ3n) is 6.31. The summed E-state index contributed by atoms with van der Waals surface area (Å²) in [7, 11) is 1.67. The van der Waals surface area contributed by atoms with E-state index in [0.29, 0.717) is 12.5 Å². The fourth-order valence-corrected chi connectivity index (χ4v) is 4.83. The average Bonchev–Trinajstić information content (AvgIpc) is 2.83. The van der Waals surface area contributed by atoms with Crippen molar-refractivity contribution >= 4 is 5.91 Å². The van der Waals surface area contributed by atoms with E-state index in [1.807, 2.05) is 35.2 Å². The van der Waals surface area contributed by atoms with Gasteiger partial charge in [-0.05, 0) is 47.9 Å². The van der Waals surface area contributed by atoms with E-state index in [1.165, 1.54) is 16.7 Å². The van der Waals surface area contributed by atoms with Crippen molar-refractivity contribution in [3.05, 3.63) is 101 Å². The molecule has 0 saturated heterocycles. The third-order valence-corrected chi connectivity index (χ3v) is 6.31. The molecular formula is C27H30N2O2. The van der Waals surface area contributed by atoms with Gasteiger partial charge in [0.2, 0.25) is 5.91 Å². The minimum absolute atomic E-state index is 0.00806. The second kappa shape index (κ2) is 9.80. The molecule has 0 fully saturated rings. The Labute approximate surface area is 184 Å². The number of fused-ring (bicyclic) bond motifs is 1. The maximum Gasteiger partial charge on any atom is 0.237 e. The Kier molecular flexibility index (Phi) is 6.68. The Morgan fingerprint density at radius 2 is 1.71 bits per heavy atom. The van der Waals surface area contributed by atoms with Crippen LogP contribution in [0.2, 0.25) is 0 Å². The van der Waals surface area contributed by atoms with Crippen molar-refractivity contribution in [1.29, 1.82) is 0 Å². The van der Waals surface area contributed by atoms with E-state index in [-0.39, 0.29) is 18.5 Å². The number of hydrogen-bond acceptors (Lipinski definition) is 3. The number of rotatable bonds is 7. The molecule has 0 heterocycles. The molecule has 160 valence electrons. The molecule has 3 aromatic carbocycles. The first kappa shape index (κ1) is 21.1. The second-order valence-corrected chi connectivity index (χ2v) is 8.17. The van der Waals surface area contributed by atoms with Crippen LogP contribution in [0.15, 0.2) is 78.9 Å². The van der Waals surface area contributed by atoms with Crippen molar-refractivity contribution in [3.8, 4) is 5.75 Å². The van der Waals surface area contributed by atoms with Crippen LogP contribution in [-0.2, 0) is 24.2 Å². The van der Waals surface area contributed by atoms with E-state index in [1.54, 1.807) is 7.11 Å². The molecule has 2 N–H and O–H groups in total. The van der Waals surface area contributed by atoms with Gasteiger partial charge < -0.3 is 15.4 Å². The fourth-order valence-electron chi connectivity index (χ4n) is 4.83. The summed E-state index contributed by atoms with van der Waals surface area (Å²) < 4.78 is 5.57. The predicted octanol–water partition coefficient (Wildman–Crippen LogP) is 4.53. The molecule has 0 radical (unpaired) electrons. The lowest BCUT2D eigenvalue weighted by Gasteiger charge is -2.41. The maximum absolute atomic E-state index is 13.2. The van der Waals surface area contributed by atoms with Gasteiger partial charge in [-0.15, -0.1) is 0 Å². The SMILES string of the molecule is COc1ccccc1CN(C(=O)CN)C1c2ccccc2CCC1Cc1ccccc1. The number of benzene rings is 3. The van der Waals surface area contributed by atoms with Crippen molar-refractivity contribution < 1.29 is 9.53 Å². The van der Waals surface area contributed by atoms with Crippen molar-refractivity contribution in [3.63, 3.8) is 0 Å². The minimum Gasteiger partial charge on any atom is -0.496 e. The van der Waals surface area contributed by atoms with Crippen molar-refractivity contribution in [2.75, 3.05) is 13.7 Å². The van der Waals surface area contributed by atoms with Crippen LogP contribution in [0, 0.1) is 5.92 Å². The maximum atomic E-state index is 13.2. The molecule has 1 aliphatic carbocycles. The summed E-state index contributed by atoms with van der Waals surface area (Å²) in [6.45, 7) is 0.468. The third kappa shape index (κ3) is 4.64. The van der Waals surface area contributed by atoms with Crippen LogP contribution in [0.1, 0.15) is 34.7 Å². The summed E-state index contributed by atoms with van der Waals surface area (Å²) in [5, 5.41) is 0. The normalized spacial score (nSPS) is 17.6. The van der Waals surface area contributed by atoms with Gasteiger partial charge in [0.05, 0.1) is 19.7 Å². The van der Waals surface area contributed by atoms with Gasteiger partial charge in [0.25, 0.3) is 0 Å². The van der Waals surface area contributed by atoms with Crippen LogP contribution in [0.4, 0.5) is 0 Å². The van der Waals surface area contributed by atoms with Gasteiger partial charge in [-0.3, -0.25) is 4.79 Å². The number of hydrogen-bond donors (Lipinski definition) is 1. The van der Waals surface area contributed by atoms with Crippen LogP contribution in [0.5, 0.6) is 5.75 Å². The van der Waals surface area contributed by atoms with Gasteiger partial charge in [0.1, 0.15) is 5.75 Å². The summed E-state index contributed by atoms with van der Waals surface area (Å²) in [5.74, 6) is 1.08. The van der Waals surface area contributed by atoms with Gasteiger partial charge in [-0.2, -0.15) is 0 Å². The van der Waals surface area contributed by atoms with Gasteiger partial charge >= 0.3 is 0 Å². The first-order chi connectivity index (χ1) is 15.2. The first-order valence-corrected chi connectivity index (χ1v) is 10.9. The summed E-state index contributed by atoms with van der Waals surface area (Å²) in [4.78, 5) is 15.2. The van der Waals surface area contributed by atoms with Gasteiger partial charge in [-0.25, -0.2) is 0 Å². The van der Waals surface area contributed by atoms with Gasteiger partial charge in [-0.1, -0.05) is 72.8 Å². The molecule has 4 heteroatoms. The molecule has 0 aromatic heterocycles.